The molecule has 0 bridgehead atoms. The van der Waals surface area contributed by atoms with Gasteiger partial charge in [0.05, 0.1) is 12.6 Å². The van der Waals surface area contributed by atoms with Gasteiger partial charge in [-0.3, -0.25) is 0 Å². The second-order valence-corrected chi connectivity index (χ2v) is 5.21. The Morgan fingerprint density at radius 2 is 2.16 bits per heavy atom. The van der Waals surface area contributed by atoms with E-state index in [1.807, 2.05) is 36.4 Å². The van der Waals surface area contributed by atoms with Crippen molar-refractivity contribution in [1.29, 1.82) is 0 Å². The van der Waals surface area contributed by atoms with E-state index < -0.39 is 0 Å². The molecule has 4 heteroatoms. The van der Waals surface area contributed by atoms with Crippen LogP contribution in [-0.2, 0) is 6.54 Å². The number of rotatable bonds is 6. The third-order valence-corrected chi connectivity index (χ3v) is 3.27. The zero-order valence-corrected chi connectivity index (χ0v) is 12.7. The van der Waals surface area contributed by atoms with Gasteiger partial charge < -0.3 is 14.5 Å². The van der Waals surface area contributed by atoms with Crippen LogP contribution in [0.4, 0.5) is 5.69 Å². The van der Waals surface area contributed by atoms with Crippen molar-refractivity contribution in [2.45, 2.75) is 32.9 Å². The molecule has 1 aromatic heterocycles. The number of hydrogen-bond acceptors (Lipinski definition) is 3. The summed E-state index contributed by atoms with van der Waals surface area (Å²) >= 11 is 3.29. The van der Waals surface area contributed by atoms with Crippen molar-refractivity contribution in [2.75, 3.05) is 5.32 Å². The van der Waals surface area contributed by atoms with E-state index in [0.717, 1.165) is 28.3 Å². The molecule has 0 radical (unpaired) electrons. The third-order valence-electron chi connectivity index (χ3n) is 2.84. The standard InChI is InChI=1S/C15H18BrNO2/c1-3-11(2)18-13-6-4-5-12(9-13)17-10-14-7-8-15(16)19-14/h4-9,11,17H,3,10H2,1-2H3. The van der Waals surface area contributed by atoms with Gasteiger partial charge in [-0.15, -0.1) is 0 Å². The summed E-state index contributed by atoms with van der Waals surface area (Å²) in [5, 5.41) is 3.31. The highest BCUT2D eigenvalue weighted by molar-refractivity contribution is 9.10. The first kappa shape index (κ1) is 14.0. The van der Waals surface area contributed by atoms with Gasteiger partial charge in [0.25, 0.3) is 0 Å². The lowest BCUT2D eigenvalue weighted by Gasteiger charge is -2.13. The van der Waals surface area contributed by atoms with E-state index in [0.29, 0.717) is 6.54 Å². The number of ether oxygens (including phenoxy) is 1. The van der Waals surface area contributed by atoms with Crippen LogP contribution in [0.1, 0.15) is 26.0 Å². The van der Waals surface area contributed by atoms with Gasteiger partial charge in [-0.2, -0.15) is 0 Å². The van der Waals surface area contributed by atoms with Crippen LogP contribution in [0.25, 0.3) is 0 Å². The van der Waals surface area contributed by atoms with Crippen molar-refractivity contribution in [2.24, 2.45) is 0 Å². The third kappa shape index (κ3) is 4.31. The highest BCUT2D eigenvalue weighted by Gasteiger charge is 2.03. The molecule has 0 spiro atoms. The van der Waals surface area contributed by atoms with Crippen LogP contribution in [0.5, 0.6) is 5.75 Å². The summed E-state index contributed by atoms with van der Waals surface area (Å²) < 4.78 is 12.0. The Morgan fingerprint density at radius 1 is 1.32 bits per heavy atom. The maximum absolute atomic E-state index is 5.79. The van der Waals surface area contributed by atoms with Crippen LogP contribution in [0, 0.1) is 0 Å². The normalized spacial score (nSPS) is 12.2. The molecule has 1 N–H and O–H groups in total. The highest BCUT2D eigenvalue weighted by atomic mass is 79.9. The number of hydrogen-bond donors (Lipinski definition) is 1. The molecule has 1 unspecified atom stereocenters. The summed E-state index contributed by atoms with van der Waals surface area (Å²) in [5.41, 5.74) is 1.02. The van der Waals surface area contributed by atoms with Crippen molar-refractivity contribution >= 4 is 21.6 Å². The van der Waals surface area contributed by atoms with Crippen LogP contribution < -0.4 is 10.1 Å². The molecule has 19 heavy (non-hydrogen) atoms. The van der Waals surface area contributed by atoms with E-state index in [9.17, 15) is 0 Å². The summed E-state index contributed by atoms with van der Waals surface area (Å²) in [6, 6.07) is 11.8. The molecule has 2 aromatic rings. The molecule has 0 saturated carbocycles. The van der Waals surface area contributed by atoms with Gasteiger partial charge in [-0.25, -0.2) is 0 Å². The molecule has 102 valence electrons. The van der Waals surface area contributed by atoms with Gasteiger partial charge in [0.2, 0.25) is 0 Å². The Balaban J connectivity index is 1.95. The lowest BCUT2D eigenvalue weighted by Crippen LogP contribution is -2.09. The molecule has 0 aliphatic heterocycles. The fourth-order valence-corrected chi connectivity index (χ4v) is 1.97. The van der Waals surface area contributed by atoms with Crippen molar-refractivity contribution in [3.05, 3.63) is 46.8 Å². The summed E-state index contributed by atoms with van der Waals surface area (Å²) in [4.78, 5) is 0. The fourth-order valence-electron chi connectivity index (χ4n) is 1.63. The maximum Gasteiger partial charge on any atom is 0.169 e. The van der Waals surface area contributed by atoms with Crippen molar-refractivity contribution in [3.8, 4) is 5.75 Å². The lowest BCUT2D eigenvalue weighted by atomic mass is 10.2. The molecule has 1 aromatic carbocycles. The van der Waals surface area contributed by atoms with Crippen LogP contribution in [0.15, 0.2) is 45.5 Å². The predicted molar refractivity (Wildman–Crippen MR) is 80.6 cm³/mol. The Bertz CT molecular complexity index is 524. The minimum Gasteiger partial charge on any atom is -0.491 e. The molecular weight excluding hydrogens is 306 g/mol. The molecule has 1 atom stereocenters. The fraction of sp³-hybridized carbons (Fsp3) is 0.333. The number of benzene rings is 1. The van der Waals surface area contributed by atoms with Gasteiger partial charge in [0.1, 0.15) is 11.5 Å². The molecule has 0 amide bonds. The summed E-state index contributed by atoms with van der Waals surface area (Å²) in [7, 11) is 0. The first-order chi connectivity index (χ1) is 9.17. The second-order valence-electron chi connectivity index (χ2n) is 4.42. The Morgan fingerprint density at radius 3 is 2.84 bits per heavy atom. The summed E-state index contributed by atoms with van der Waals surface area (Å²) in [5.74, 6) is 1.78. The average molecular weight is 324 g/mol. The molecule has 0 aliphatic rings. The van der Waals surface area contributed by atoms with Crippen LogP contribution in [0.2, 0.25) is 0 Å². The van der Waals surface area contributed by atoms with E-state index in [1.165, 1.54) is 0 Å². The smallest absolute Gasteiger partial charge is 0.169 e. The quantitative estimate of drug-likeness (QED) is 0.826. The highest BCUT2D eigenvalue weighted by Crippen LogP contribution is 2.20. The molecule has 3 nitrogen and oxygen atoms in total. The van der Waals surface area contributed by atoms with E-state index in [1.54, 1.807) is 0 Å². The van der Waals surface area contributed by atoms with Crippen molar-refractivity contribution < 1.29 is 9.15 Å². The molecule has 0 saturated heterocycles. The van der Waals surface area contributed by atoms with Gasteiger partial charge in [0, 0.05) is 11.8 Å². The van der Waals surface area contributed by atoms with Gasteiger partial charge in [-0.1, -0.05) is 13.0 Å². The largest absolute Gasteiger partial charge is 0.491 e. The average Bonchev–Trinajstić information content (AvgIpc) is 2.82. The van der Waals surface area contributed by atoms with Crippen LogP contribution >= 0.6 is 15.9 Å². The van der Waals surface area contributed by atoms with E-state index in [-0.39, 0.29) is 6.10 Å². The SMILES string of the molecule is CCC(C)Oc1cccc(NCc2ccc(Br)o2)c1. The maximum atomic E-state index is 5.79. The number of furan rings is 1. The molecule has 0 fully saturated rings. The monoisotopic (exact) mass is 323 g/mol. The first-order valence-electron chi connectivity index (χ1n) is 6.42. The van der Waals surface area contributed by atoms with E-state index in [4.69, 9.17) is 9.15 Å². The lowest BCUT2D eigenvalue weighted by molar-refractivity contribution is 0.217. The number of halogens is 1. The zero-order valence-electron chi connectivity index (χ0n) is 11.2. The Hall–Kier alpha value is -1.42. The molecule has 0 aliphatic carbocycles. The molecule has 1 heterocycles. The Kier molecular flexibility index (Phi) is 4.91. The zero-order chi connectivity index (χ0) is 13.7. The number of anilines is 1. The van der Waals surface area contributed by atoms with Crippen molar-refractivity contribution in [3.63, 3.8) is 0 Å². The molecule has 2 rings (SSSR count). The number of nitrogens with one attached hydrogen (secondary N) is 1. The van der Waals surface area contributed by atoms with Crippen molar-refractivity contribution in [1.82, 2.24) is 0 Å². The second kappa shape index (κ2) is 6.66. The van der Waals surface area contributed by atoms with Gasteiger partial charge in [0.15, 0.2) is 4.67 Å². The van der Waals surface area contributed by atoms with Gasteiger partial charge >= 0.3 is 0 Å². The minimum absolute atomic E-state index is 0.233. The summed E-state index contributed by atoms with van der Waals surface area (Å²) in [6.07, 6.45) is 1.23. The Labute approximate surface area is 122 Å². The van der Waals surface area contributed by atoms with Crippen LogP contribution in [-0.4, -0.2) is 6.10 Å². The van der Waals surface area contributed by atoms with E-state index in [2.05, 4.69) is 35.1 Å². The van der Waals surface area contributed by atoms with Gasteiger partial charge in [-0.05, 0) is 53.5 Å². The predicted octanol–water partition coefficient (Wildman–Crippen LogP) is 4.83. The summed E-state index contributed by atoms with van der Waals surface area (Å²) in [6.45, 7) is 4.83. The topological polar surface area (TPSA) is 34.4 Å². The van der Waals surface area contributed by atoms with Crippen LogP contribution in [0.3, 0.4) is 0 Å². The first-order valence-corrected chi connectivity index (χ1v) is 7.21. The molecular formula is C15H18BrNO2. The minimum atomic E-state index is 0.233. The van der Waals surface area contributed by atoms with E-state index >= 15 is 0 Å².